The molecule has 0 radical (unpaired) electrons. The summed E-state index contributed by atoms with van der Waals surface area (Å²) in [6.07, 6.45) is 1.40. The molecule has 0 aliphatic carbocycles. The molecule has 0 aromatic heterocycles. The number of hydrogen-bond donors (Lipinski definition) is 2. The number of carbonyl (C=O) groups excluding carboxylic acids is 1. The quantitative estimate of drug-likeness (QED) is 0.535. The number of hydrazone groups is 1. The van der Waals surface area contributed by atoms with E-state index >= 15 is 0 Å². The van der Waals surface area contributed by atoms with Crippen LogP contribution in [0.3, 0.4) is 0 Å². The third-order valence-corrected chi connectivity index (χ3v) is 5.20. The van der Waals surface area contributed by atoms with Crippen LogP contribution < -0.4 is 10.2 Å². The highest BCUT2D eigenvalue weighted by molar-refractivity contribution is 6.31. The standard InChI is InChI=1S/C21H25ClN4O3/c1-29-19-8-4-6-16(21(19)28)13-23-24-20(27)15-26-11-9-25(10-12-26)14-17-5-2-3-7-18(17)22/h2-8,13,28H,9-12,14-15H2,1H3,(H,24,27). The number of piperazine rings is 1. The smallest absolute Gasteiger partial charge is 0.254 e. The SMILES string of the molecule is COc1cccc(C=NNC(=O)CN2CCN(Cc3ccccc3Cl)CC2)c1O. The van der Waals surface area contributed by atoms with Gasteiger partial charge in [-0.25, -0.2) is 5.43 Å². The Labute approximate surface area is 175 Å². The molecular formula is C21H25ClN4O3. The number of nitrogens with one attached hydrogen (secondary N) is 1. The van der Waals surface area contributed by atoms with E-state index in [2.05, 4.69) is 20.3 Å². The number of benzene rings is 2. The summed E-state index contributed by atoms with van der Waals surface area (Å²) < 4.78 is 5.05. The van der Waals surface area contributed by atoms with Gasteiger partial charge in [0.05, 0.1) is 19.9 Å². The maximum absolute atomic E-state index is 12.1. The average Bonchev–Trinajstić information content (AvgIpc) is 2.72. The molecule has 1 fully saturated rings. The van der Waals surface area contributed by atoms with Crippen molar-refractivity contribution < 1.29 is 14.6 Å². The van der Waals surface area contributed by atoms with E-state index in [1.807, 2.05) is 24.3 Å². The van der Waals surface area contributed by atoms with Crippen LogP contribution in [0.5, 0.6) is 11.5 Å². The predicted molar refractivity (Wildman–Crippen MR) is 114 cm³/mol. The lowest BCUT2D eigenvalue weighted by molar-refractivity contribution is -0.122. The molecule has 29 heavy (non-hydrogen) atoms. The molecule has 7 nitrogen and oxygen atoms in total. The van der Waals surface area contributed by atoms with Crippen molar-refractivity contribution in [2.45, 2.75) is 6.54 Å². The number of aromatic hydroxyl groups is 1. The van der Waals surface area contributed by atoms with Crippen molar-refractivity contribution in [3.05, 3.63) is 58.6 Å². The first kappa shape index (κ1) is 21.1. The summed E-state index contributed by atoms with van der Waals surface area (Å²) in [7, 11) is 1.48. The molecule has 8 heteroatoms. The van der Waals surface area contributed by atoms with Crippen molar-refractivity contribution in [2.75, 3.05) is 39.8 Å². The first-order chi connectivity index (χ1) is 14.1. The Hall–Kier alpha value is -2.61. The predicted octanol–water partition coefficient (Wildman–Crippen LogP) is 2.32. The minimum atomic E-state index is -0.191. The third kappa shape index (κ3) is 5.93. The first-order valence-electron chi connectivity index (χ1n) is 9.43. The summed E-state index contributed by atoms with van der Waals surface area (Å²) in [5, 5.41) is 14.7. The first-order valence-corrected chi connectivity index (χ1v) is 9.80. The molecule has 0 unspecified atom stereocenters. The molecule has 3 rings (SSSR count). The molecule has 1 aliphatic heterocycles. The normalized spacial score (nSPS) is 15.5. The summed E-state index contributed by atoms with van der Waals surface area (Å²) >= 11 is 6.23. The maximum Gasteiger partial charge on any atom is 0.254 e. The van der Waals surface area contributed by atoms with Gasteiger partial charge in [-0.05, 0) is 23.8 Å². The number of ether oxygens (including phenoxy) is 1. The van der Waals surface area contributed by atoms with Gasteiger partial charge in [-0.2, -0.15) is 5.10 Å². The number of carbonyl (C=O) groups is 1. The van der Waals surface area contributed by atoms with Gasteiger partial charge in [-0.3, -0.25) is 14.6 Å². The van der Waals surface area contributed by atoms with Crippen LogP contribution >= 0.6 is 11.6 Å². The largest absolute Gasteiger partial charge is 0.504 e. The van der Waals surface area contributed by atoms with E-state index in [1.54, 1.807) is 18.2 Å². The van der Waals surface area contributed by atoms with E-state index in [0.717, 1.165) is 43.3 Å². The molecule has 0 bridgehead atoms. The summed E-state index contributed by atoms with van der Waals surface area (Å²) in [5.74, 6) is 0.153. The molecule has 1 heterocycles. The molecule has 1 saturated heterocycles. The van der Waals surface area contributed by atoms with Crippen LogP contribution in [-0.2, 0) is 11.3 Å². The number of hydrogen-bond acceptors (Lipinski definition) is 6. The Bertz CT molecular complexity index is 867. The van der Waals surface area contributed by atoms with Gasteiger partial charge in [0, 0.05) is 43.3 Å². The van der Waals surface area contributed by atoms with Gasteiger partial charge in [0.1, 0.15) is 0 Å². The van der Waals surface area contributed by atoms with E-state index in [0.29, 0.717) is 11.3 Å². The van der Waals surface area contributed by atoms with Crippen LogP contribution in [-0.4, -0.2) is 66.9 Å². The lowest BCUT2D eigenvalue weighted by Gasteiger charge is -2.34. The zero-order valence-corrected chi connectivity index (χ0v) is 17.1. The molecule has 154 valence electrons. The number of para-hydroxylation sites is 1. The monoisotopic (exact) mass is 416 g/mol. The van der Waals surface area contributed by atoms with Crippen molar-refractivity contribution in [1.29, 1.82) is 0 Å². The molecule has 2 aromatic rings. The number of methoxy groups -OCH3 is 1. The van der Waals surface area contributed by atoms with Crippen molar-refractivity contribution in [2.24, 2.45) is 5.10 Å². The molecule has 0 saturated carbocycles. The molecule has 2 aromatic carbocycles. The zero-order chi connectivity index (χ0) is 20.6. The number of nitrogens with zero attached hydrogens (tertiary/aromatic N) is 3. The Kier molecular flexibility index (Phi) is 7.46. The van der Waals surface area contributed by atoms with E-state index in [-0.39, 0.29) is 18.2 Å². The van der Waals surface area contributed by atoms with Gasteiger partial charge >= 0.3 is 0 Å². The van der Waals surface area contributed by atoms with Crippen LogP contribution in [0.4, 0.5) is 0 Å². The third-order valence-electron chi connectivity index (χ3n) is 4.83. The Morgan fingerprint density at radius 2 is 1.90 bits per heavy atom. The van der Waals surface area contributed by atoms with Crippen LogP contribution in [0.2, 0.25) is 5.02 Å². The Morgan fingerprint density at radius 3 is 2.62 bits per heavy atom. The lowest BCUT2D eigenvalue weighted by atomic mass is 10.2. The van der Waals surface area contributed by atoms with Crippen LogP contribution in [0.1, 0.15) is 11.1 Å². The van der Waals surface area contributed by atoms with E-state index in [4.69, 9.17) is 16.3 Å². The van der Waals surface area contributed by atoms with Crippen LogP contribution in [0.15, 0.2) is 47.6 Å². The second-order valence-corrected chi connectivity index (χ2v) is 7.24. The number of rotatable bonds is 7. The highest BCUT2D eigenvalue weighted by atomic mass is 35.5. The Morgan fingerprint density at radius 1 is 1.17 bits per heavy atom. The van der Waals surface area contributed by atoms with Crippen molar-refractivity contribution in [3.8, 4) is 11.5 Å². The molecule has 0 spiro atoms. The van der Waals surface area contributed by atoms with Crippen molar-refractivity contribution in [1.82, 2.24) is 15.2 Å². The number of phenols is 1. The lowest BCUT2D eigenvalue weighted by Crippen LogP contribution is -2.48. The molecule has 2 N–H and O–H groups in total. The summed E-state index contributed by atoms with van der Waals surface area (Å²) in [6, 6.07) is 12.9. The number of amides is 1. The summed E-state index contributed by atoms with van der Waals surface area (Å²) in [4.78, 5) is 16.6. The fourth-order valence-electron chi connectivity index (χ4n) is 3.19. The number of phenolic OH excluding ortho intramolecular Hbond substituents is 1. The maximum atomic E-state index is 12.1. The molecule has 1 aliphatic rings. The van der Waals surface area contributed by atoms with Crippen LogP contribution in [0.25, 0.3) is 0 Å². The van der Waals surface area contributed by atoms with Gasteiger partial charge in [-0.15, -0.1) is 0 Å². The topological polar surface area (TPSA) is 77.4 Å². The van der Waals surface area contributed by atoms with E-state index in [1.165, 1.54) is 13.3 Å². The Balaban J connectivity index is 1.42. The molecule has 0 atom stereocenters. The summed E-state index contributed by atoms with van der Waals surface area (Å²) in [6.45, 7) is 4.45. The second kappa shape index (κ2) is 10.2. The van der Waals surface area contributed by atoms with Crippen molar-refractivity contribution >= 4 is 23.7 Å². The summed E-state index contributed by atoms with van der Waals surface area (Å²) in [5.41, 5.74) is 4.10. The van der Waals surface area contributed by atoms with Gasteiger partial charge in [0.15, 0.2) is 11.5 Å². The minimum Gasteiger partial charge on any atom is -0.504 e. The van der Waals surface area contributed by atoms with Gasteiger partial charge in [-0.1, -0.05) is 35.9 Å². The highest BCUT2D eigenvalue weighted by Crippen LogP contribution is 2.27. The minimum absolute atomic E-state index is 0.0114. The van der Waals surface area contributed by atoms with Crippen molar-refractivity contribution in [3.63, 3.8) is 0 Å². The molecule has 1 amide bonds. The fraction of sp³-hybridized carbons (Fsp3) is 0.333. The van der Waals surface area contributed by atoms with E-state index < -0.39 is 0 Å². The second-order valence-electron chi connectivity index (χ2n) is 6.83. The fourth-order valence-corrected chi connectivity index (χ4v) is 3.39. The van der Waals surface area contributed by atoms with Gasteiger partial charge < -0.3 is 9.84 Å². The average molecular weight is 417 g/mol. The van der Waals surface area contributed by atoms with Gasteiger partial charge in [0.2, 0.25) is 0 Å². The number of halogens is 1. The van der Waals surface area contributed by atoms with Crippen LogP contribution in [0, 0.1) is 0 Å². The van der Waals surface area contributed by atoms with Gasteiger partial charge in [0.25, 0.3) is 5.91 Å². The van der Waals surface area contributed by atoms with E-state index in [9.17, 15) is 9.90 Å². The zero-order valence-electron chi connectivity index (χ0n) is 16.3. The highest BCUT2D eigenvalue weighted by Gasteiger charge is 2.19. The molecular weight excluding hydrogens is 392 g/mol.